The normalized spacial score (nSPS) is 11.7. The van der Waals surface area contributed by atoms with Crippen LogP contribution in [0.2, 0.25) is 0 Å². The first-order valence-electron chi connectivity index (χ1n) is 7.98. The lowest BCUT2D eigenvalue weighted by atomic mass is 10.0. The number of hydrogen-bond acceptors (Lipinski definition) is 3. The van der Waals surface area contributed by atoms with Crippen molar-refractivity contribution in [3.63, 3.8) is 0 Å². The second-order valence-corrected chi connectivity index (χ2v) is 7.09. The maximum Gasteiger partial charge on any atom is 0.119 e. The third-order valence-corrected chi connectivity index (χ3v) is 5.01. The van der Waals surface area contributed by atoms with Crippen molar-refractivity contribution < 1.29 is 14.6 Å². The van der Waals surface area contributed by atoms with Gasteiger partial charge in [-0.05, 0) is 68.1 Å². The van der Waals surface area contributed by atoms with Crippen molar-refractivity contribution in [2.75, 3.05) is 20.3 Å². The molecule has 0 saturated heterocycles. The molecular weight excluding hydrogens is 319 g/mol. The van der Waals surface area contributed by atoms with E-state index in [0.29, 0.717) is 21.4 Å². The summed E-state index contributed by atoms with van der Waals surface area (Å²) in [4.78, 5) is 0. The van der Waals surface area contributed by atoms with Gasteiger partial charge in [0, 0.05) is 12.4 Å². The molecule has 0 aliphatic heterocycles. The summed E-state index contributed by atoms with van der Waals surface area (Å²) in [6, 6.07) is 9.98. The minimum Gasteiger partial charge on any atom is -0.823 e. The van der Waals surface area contributed by atoms with Crippen LogP contribution in [0.3, 0.4) is 0 Å². The number of rotatable bonds is 6. The Kier molecular flexibility index (Phi) is 6.56. The molecule has 0 bridgehead atoms. The van der Waals surface area contributed by atoms with Crippen LogP contribution in [0.15, 0.2) is 30.3 Å². The first-order chi connectivity index (χ1) is 11.4. The number of aryl methyl sites for hydroxylation is 4. The quantitative estimate of drug-likeness (QED) is 0.598. The van der Waals surface area contributed by atoms with Gasteiger partial charge in [0.15, 0.2) is 0 Å². The highest BCUT2D eigenvalue weighted by atomic mass is 31.1. The molecule has 0 amide bonds. The summed E-state index contributed by atoms with van der Waals surface area (Å²) < 4.78 is 10.6. The van der Waals surface area contributed by atoms with Crippen LogP contribution in [0.5, 0.6) is 5.75 Å². The van der Waals surface area contributed by atoms with Gasteiger partial charge in [-0.25, -0.2) is 0 Å². The number of hydrogen-bond donors (Lipinski definition) is 0. The fourth-order valence-corrected chi connectivity index (χ4v) is 3.84. The minimum absolute atomic E-state index is 0.140. The van der Waals surface area contributed by atoms with Gasteiger partial charge in [-0.1, -0.05) is 25.9 Å². The molecule has 0 radical (unpaired) electrons. The summed E-state index contributed by atoms with van der Waals surface area (Å²) in [5.74, 6) is 0.804. The summed E-state index contributed by atoms with van der Waals surface area (Å²) in [6.45, 7) is 9.15. The molecule has 4 heteroatoms. The minimum atomic E-state index is 0.140. The van der Waals surface area contributed by atoms with E-state index < -0.39 is 0 Å². The molecule has 0 N–H and O–H groups in total. The topological polar surface area (TPSA) is 41.5 Å². The van der Waals surface area contributed by atoms with Crippen molar-refractivity contribution in [1.82, 2.24) is 0 Å². The second kappa shape index (κ2) is 8.43. The van der Waals surface area contributed by atoms with Gasteiger partial charge >= 0.3 is 0 Å². The Bertz CT molecular complexity index is 728. The van der Waals surface area contributed by atoms with Crippen LogP contribution in [-0.2, 0) is 4.74 Å². The summed E-state index contributed by atoms with van der Waals surface area (Å²) in [5, 5.41) is 13.8. The molecule has 0 atom stereocenters. The first kappa shape index (κ1) is 18.7. The molecule has 0 fully saturated rings. The molecule has 24 heavy (non-hydrogen) atoms. The monoisotopic (exact) mass is 343 g/mol. The van der Waals surface area contributed by atoms with Gasteiger partial charge in [-0.15, -0.1) is 5.48 Å². The maximum absolute atomic E-state index is 12.8. The van der Waals surface area contributed by atoms with E-state index in [1.165, 1.54) is 5.56 Å². The van der Waals surface area contributed by atoms with Gasteiger partial charge in [-0.3, -0.25) is 0 Å². The molecule has 2 rings (SSSR count). The molecule has 0 unspecified atom stereocenters. The van der Waals surface area contributed by atoms with E-state index in [1.807, 2.05) is 39.0 Å². The molecular formula is C20H24O3P-. The SMILES string of the molecule is COCCOc1ccc(P=C([O-])c2c(C)cc(C)cc2C)c(C)c1. The number of ether oxygens (including phenoxy) is 2. The predicted octanol–water partition coefficient (Wildman–Crippen LogP) is 3.06. The van der Waals surface area contributed by atoms with Gasteiger partial charge < -0.3 is 14.6 Å². The van der Waals surface area contributed by atoms with E-state index in [2.05, 4.69) is 19.1 Å². The molecule has 2 aromatic rings. The van der Waals surface area contributed by atoms with Crippen molar-refractivity contribution in [2.24, 2.45) is 0 Å². The third-order valence-electron chi connectivity index (χ3n) is 3.84. The maximum atomic E-state index is 12.8. The van der Waals surface area contributed by atoms with E-state index >= 15 is 0 Å². The van der Waals surface area contributed by atoms with Crippen LogP contribution in [0.4, 0.5) is 0 Å². The van der Waals surface area contributed by atoms with Crippen molar-refractivity contribution >= 4 is 19.0 Å². The standard InChI is InChI=1S/C20H25O3P/c1-13-10-15(3)19(16(4)11-13)20(21)24-18-7-6-17(12-14(18)2)23-9-8-22-5/h6-7,10-12,21H,8-9H2,1-5H3/p-1. The van der Waals surface area contributed by atoms with Crippen LogP contribution in [0.25, 0.3) is 0 Å². The van der Waals surface area contributed by atoms with E-state index in [4.69, 9.17) is 9.47 Å². The van der Waals surface area contributed by atoms with E-state index in [0.717, 1.165) is 33.3 Å². The van der Waals surface area contributed by atoms with Gasteiger partial charge in [0.25, 0.3) is 0 Å². The molecule has 0 saturated carbocycles. The van der Waals surface area contributed by atoms with E-state index in [1.54, 1.807) is 7.11 Å². The first-order valence-corrected chi connectivity index (χ1v) is 8.88. The van der Waals surface area contributed by atoms with Crippen molar-refractivity contribution in [3.8, 4) is 5.75 Å². The lowest BCUT2D eigenvalue weighted by molar-refractivity contribution is -0.207. The average Bonchev–Trinajstić information content (AvgIpc) is 2.49. The van der Waals surface area contributed by atoms with Crippen molar-refractivity contribution in [1.29, 1.82) is 0 Å². The molecule has 128 valence electrons. The Morgan fingerprint density at radius 2 is 1.62 bits per heavy atom. The van der Waals surface area contributed by atoms with Gasteiger partial charge in [-0.2, -0.15) is 0 Å². The number of benzene rings is 2. The third kappa shape index (κ3) is 4.67. The largest absolute Gasteiger partial charge is 0.823 e. The number of methoxy groups -OCH3 is 1. The van der Waals surface area contributed by atoms with Crippen LogP contribution in [0, 0.1) is 27.7 Å². The zero-order valence-electron chi connectivity index (χ0n) is 15.0. The smallest absolute Gasteiger partial charge is 0.119 e. The van der Waals surface area contributed by atoms with Gasteiger partial charge in [0.05, 0.1) is 6.61 Å². The second-order valence-electron chi connectivity index (χ2n) is 5.98. The zero-order valence-corrected chi connectivity index (χ0v) is 15.9. The lowest BCUT2D eigenvalue weighted by Gasteiger charge is -2.19. The zero-order chi connectivity index (χ0) is 17.7. The lowest BCUT2D eigenvalue weighted by Crippen LogP contribution is -2.21. The molecule has 0 aliphatic rings. The van der Waals surface area contributed by atoms with E-state index in [9.17, 15) is 5.11 Å². The Morgan fingerprint density at radius 3 is 2.21 bits per heavy atom. The Labute approximate surface area is 146 Å². The highest BCUT2D eigenvalue weighted by Crippen LogP contribution is 2.20. The molecule has 3 nitrogen and oxygen atoms in total. The predicted molar refractivity (Wildman–Crippen MR) is 99.9 cm³/mol. The van der Waals surface area contributed by atoms with Crippen LogP contribution in [-0.4, -0.2) is 25.8 Å². The molecule has 0 aromatic heterocycles. The summed E-state index contributed by atoms with van der Waals surface area (Å²) in [5.41, 5.74) is 5.31. The average molecular weight is 343 g/mol. The molecule has 0 spiro atoms. The van der Waals surface area contributed by atoms with Crippen LogP contribution in [0.1, 0.15) is 27.8 Å². The van der Waals surface area contributed by atoms with Crippen LogP contribution >= 0.6 is 8.20 Å². The van der Waals surface area contributed by atoms with E-state index in [-0.39, 0.29) is 5.48 Å². The molecule has 0 heterocycles. The summed E-state index contributed by atoms with van der Waals surface area (Å²) in [6.07, 6.45) is 0. The van der Waals surface area contributed by atoms with Gasteiger partial charge in [0.1, 0.15) is 12.4 Å². The highest BCUT2D eigenvalue weighted by molar-refractivity contribution is 7.49. The highest BCUT2D eigenvalue weighted by Gasteiger charge is 2.05. The summed E-state index contributed by atoms with van der Waals surface area (Å²) in [7, 11) is 2.35. The fourth-order valence-electron chi connectivity index (χ4n) is 2.77. The van der Waals surface area contributed by atoms with Crippen molar-refractivity contribution in [2.45, 2.75) is 27.7 Å². The fraction of sp³-hybridized carbons (Fsp3) is 0.350. The Hall–Kier alpha value is -1.67. The molecule has 2 aromatic carbocycles. The molecule has 0 aliphatic carbocycles. The van der Waals surface area contributed by atoms with Crippen LogP contribution < -0.4 is 15.1 Å². The Morgan fingerprint density at radius 1 is 0.958 bits per heavy atom. The Balaban J connectivity index is 2.27. The summed E-state index contributed by atoms with van der Waals surface area (Å²) >= 11 is 0. The van der Waals surface area contributed by atoms with Crippen molar-refractivity contribution in [3.05, 3.63) is 58.1 Å². The van der Waals surface area contributed by atoms with Gasteiger partial charge in [0.2, 0.25) is 0 Å².